The lowest BCUT2D eigenvalue weighted by Gasteiger charge is -2.31. The van der Waals surface area contributed by atoms with Crippen LogP contribution in [-0.4, -0.2) is 27.1 Å². The maximum Gasteiger partial charge on any atom is 0.238 e. The zero-order valence-corrected chi connectivity index (χ0v) is 17.5. The minimum absolute atomic E-state index is 0.0663. The molecule has 1 atom stereocenters. The van der Waals surface area contributed by atoms with E-state index in [0.717, 1.165) is 4.88 Å². The third-order valence-electron chi connectivity index (χ3n) is 4.42. The fraction of sp³-hybridized carbons (Fsp3) is 0.136. The second-order valence-corrected chi connectivity index (χ2v) is 8.80. The number of amidine groups is 1. The van der Waals surface area contributed by atoms with E-state index in [-0.39, 0.29) is 24.1 Å². The fourth-order valence-electron chi connectivity index (χ4n) is 2.92. The highest BCUT2D eigenvalue weighted by Crippen LogP contribution is 2.31. The van der Waals surface area contributed by atoms with Gasteiger partial charge in [-0.3, -0.25) is 14.5 Å². The van der Waals surface area contributed by atoms with Gasteiger partial charge in [-0.1, -0.05) is 36.0 Å². The fourth-order valence-corrected chi connectivity index (χ4v) is 4.71. The first-order chi connectivity index (χ1) is 14.6. The number of carbonyl (C=O) groups excluding carboxylic acids is 2. The molecule has 1 saturated heterocycles. The Hall–Kier alpha value is -2.97. The average molecular weight is 440 g/mol. The Balaban J connectivity index is 1.57. The summed E-state index contributed by atoms with van der Waals surface area (Å²) in [5.74, 6) is -0.843. The highest BCUT2D eigenvalue weighted by Gasteiger charge is 2.36. The number of halogens is 1. The van der Waals surface area contributed by atoms with Crippen LogP contribution in [0.4, 0.5) is 15.8 Å². The van der Waals surface area contributed by atoms with Crippen LogP contribution in [0.5, 0.6) is 0 Å². The van der Waals surface area contributed by atoms with Crippen LogP contribution in [0.1, 0.15) is 11.3 Å². The normalized spacial score (nSPS) is 17.9. The number of thioether (sulfide) groups is 1. The molecule has 2 aromatic carbocycles. The van der Waals surface area contributed by atoms with Crippen molar-refractivity contribution in [2.24, 2.45) is 4.99 Å². The Morgan fingerprint density at radius 3 is 2.57 bits per heavy atom. The Bertz CT molecular complexity index is 1050. The van der Waals surface area contributed by atoms with Crippen molar-refractivity contribution in [1.29, 1.82) is 0 Å². The van der Waals surface area contributed by atoms with Crippen molar-refractivity contribution in [3.63, 3.8) is 0 Å². The number of benzene rings is 2. The summed E-state index contributed by atoms with van der Waals surface area (Å²) < 4.78 is 13.1. The first-order valence-electron chi connectivity index (χ1n) is 9.28. The molecule has 2 heterocycles. The quantitative estimate of drug-likeness (QED) is 0.605. The van der Waals surface area contributed by atoms with Gasteiger partial charge in [0.05, 0.1) is 12.2 Å². The molecule has 30 heavy (non-hydrogen) atoms. The van der Waals surface area contributed by atoms with Crippen molar-refractivity contribution in [3.8, 4) is 0 Å². The molecule has 8 heteroatoms. The van der Waals surface area contributed by atoms with Gasteiger partial charge in [-0.2, -0.15) is 0 Å². The smallest absolute Gasteiger partial charge is 0.238 e. The molecule has 1 aromatic heterocycles. The first kappa shape index (κ1) is 20.3. The van der Waals surface area contributed by atoms with Crippen molar-refractivity contribution in [1.82, 2.24) is 4.90 Å². The van der Waals surface area contributed by atoms with Gasteiger partial charge in [0.2, 0.25) is 11.8 Å². The molecule has 1 unspecified atom stereocenters. The van der Waals surface area contributed by atoms with Crippen LogP contribution in [-0.2, 0) is 16.1 Å². The number of aliphatic imine (C=N–C) groups is 1. The molecule has 0 radical (unpaired) electrons. The van der Waals surface area contributed by atoms with E-state index in [1.807, 2.05) is 47.8 Å². The van der Waals surface area contributed by atoms with E-state index in [2.05, 4.69) is 10.3 Å². The van der Waals surface area contributed by atoms with Gasteiger partial charge in [-0.15, -0.1) is 11.3 Å². The molecular weight excluding hydrogens is 421 g/mol. The summed E-state index contributed by atoms with van der Waals surface area (Å²) in [6.07, 6.45) is 0.0663. The zero-order chi connectivity index (χ0) is 20.9. The molecule has 0 saturated carbocycles. The molecule has 0 spiro atoms. The number of hydrogen-bond donors (Lipinski definition) is 1. The first-order valence-corrected chi connectivity index (χ1v) is 11.0. The Morgan fingerprint density at radius 2 is 1.87 bits per heavy atom. The van der Waals surface area contributed by atoms with Gasteiger partial charge >= 0.3 is 0 Å². The molecule has 1 fully saturated rings. The number of amides is 2. The van der Waals surface area contributed by atoms with E-state index in [4.69, 9.17) is 0 Å². The number of hydrogen-bond acceptors (Lipinski definition) is 5. The summed E-state index contributed by atoms with van der Waals surface area (Å²) in [6, 6.07) is 18.8. The largest absolute Gasteiger partial charge is 0.325 e. The number of nitrogens with zero attached hydrogens (tertiary/aromatic N) is 2. The lowest BCUT2D eigenvalue weighted by molar-refractivity contribution is -0.129. The van der Waals surface area contributed by atoms with Gasteiger partial charge in [-0.05, 0) is 47.8 Å². The number of carbonyl (C=O) groups is 2. The van der Waals surface area contributed by atoms with Crippen LogP contribution in [0, 0.1) is 5.82 Å². The standard InChI is InChI=1S/C22H18FN3O2S2/c23-15-8-10-17(11-9-15)24-21(28)19-13-20(27)26(14-18-7-4-12-29-18)22(30-19)25-16-5-2-1-3-6-16/h1-12,19H,13-14H2,(H,24,28). The Kier molecular flexibility index (Phi) is 6.25. The van der Waals surface area contributed by atoms with Gasteiger partial charge in [0, 0.05) is 17.0 Å². The van der Waals surface area contributed by atoms with Gasteiger partial charge < -0.3 is 5.32 Å². The highest BCUT2D eigenvalue weighted by molar-refractivity contribution is 8.15. The topological polar surface area (TPSA) is 61.8 Å². The molecule has 3 aromatic rings. The van der Waals surface area contributed by atoms with Crippen LogP contribution >= 0.6 is 23.1 Å². The van der Waals surface area contributed by atoms with Gasteiger partial charge in [-0.25, -0.2) is 9.38 Å². The third kappa shape index (κ3) is 4.95. The summed E-state index contributed by atoms with van der Waals surface area (Å²) in [7, 11) is 0. The maximum absolute atomic E-state index is 13.1. The maximum atomic E-state index is 13.1. The predicted octanol–water partition coefficient (Wildman–Crippen LogP) is 5.05. The predicted molar refractivity (Wildman–Crippen MR) is 119 cm³/mol. The lowest BCUT2D eigenvalue weighted by Crippen LogP contribution is -2.44. The average Bonchev–Trinajstić information content (AvgIpc) is 3.26. The molecule has 1 aliphatic heterocycles. The van der Waals surface area contributed by atoms with Crippen molar-refractivity contribution in [2.75, 3.05) is 5.32 Å². The van der Waals surface area contributed by atoms with E-state index in [1.165, 1.54) is 36.0 Å². The molecule has 0 aliphatic carbocycles. The molecule has 0 bridgehead atoms. The molecule has 1 N–H and O–H groups in total. The Morgan fingerprint density at radius 1 is 1.10 bits per heavy atom. The summed E-state index contributed by atoms with van der Waals surface area (Å²) in [5.41, 5.74) is 1.19. The van der Waals surface area contributed by atoms with Crippen molar-refractivity contribution in [2.45, 2.75) is 18.2 Å². The summed E-state index contributed by atoms with van der Waals surface area (Å²) in [4.78, 5) is 33.0. The number of thiophene rings is 1. The van der Waals surface area contributed by atoms with E-state index in [0.29, 0.717) is 23.1 Å². The second kappa shape index (κ2) is 9.23. The molecular formula is C22H18FN3O2S2. The number of para-hydroxylation sites is 1. The minimum atomic E-state index is -0.621. The molecule has 5 nitrogen and oxygen atoms in total. The third-order valence-corrected chi connectivity index (χ3v) is 6.47. The van der Waals surface area contributed by atoms with Crippen molar-refractivity contribution < 1.29 is 14.0 Å². The van der Waals surface area contributed by atoms with E-state index in [9.17, 15) is 14.0 Å². The van der Waals surface area contributed by atoms with Crippen LogP contribution in [0.15, 0.2) is 77.1 Å². The summed E-state index contributed by atoms with van der Waals surface area (Å²) in [5, 5.41) is 4.59. The minimum Gasteiger partial charge on any atom is -0.325 e. The summed E-state index contributed by atoms with van der Waals surface area (Å²) >= 11 is 2.83. The van der Waals surface area contributed by atoms with Crippen LogP contribution in [0.25, 0.3) is 0 Å². The number of nitrogens with one attached hydrogen (secondary N) is 1. The summed E-state index contributed by atoms with van der Waals surface area (Å²) in [6.45, 7) is 0.418. The Labute approximate surface area is 181 Å². The van der Waals surface area contributed by atoms with Gasteiger partial charge in [0.25, 0.3) is 0 Å². The molecule has 152 valence electrons. The zero-order valence-electron chi connectivity index (χ0n) is 15.8. The van der Waals surface area contributed by atoms with Gasteiger partial charge in [0.15, 0.2) is 5.17 Å². The van der Waals surface area contributed by atoms with Crippen molar-refractivity contribution in [3.05, 3.63) is 82.8 Å². The van der Waals surface area contributed by atoms with E-state index in [1.54, 1.807) is 16.2 Å². The highest BCUT2D eigenvalue weighted by atomic mass is 32.2. The second-order valence-electron chi connectivity index (χ2n) is 6.60. The molecule has 4 rings (SSSR count). The van der Waals surface area contributed by atoms with Gasteiger partial charge in [0.1, 0.15) is 11.1 Å². The van der Waals surface area contributed by atoms with Crippen LogP contribution in [0.2, 0.25) is 0 Å². The number of anilines is 1. The SMILES string of the molecule is O=C(Nc1ccc(F)cc1)C1CC(=O)N(Cc2cccs2)C(=Nc2ccccc2)S1. The van der Waals surface area contributed by atoms with E-state index < -0.39 is 5.25 Å². The monoisotopic (exact) mass is 439 g/mol. The van der Waals surface area contributed by atoms with E-state index >= 15 is 0 Å². The molecule has 1 aliphatic rings. The van der Waals surface area contributed by atoms with Crippen molar-refractivity contribution >= 4 is 51.5 Å². The lowest BCUT2D eigenvalue weighted by atomic mass is 10.2. The molecule has 2 amide bonds. The number of rotatable bonds is 5. The van der Waals surface area contributed by atoms with Crippen LogP contribution in [0.3, 0.4) is 0 Å². The van der Waals surface area contributed by atoms with Crippen LogP contribution < -0.4 is 5.32 Å².